The zero-order valence-corrected chi connectivity index (χ0v) is 15.6. The van der Waals surface area contributed by atoms with Crippen molar-refractivity contribution in [2.24, 2.45) is 5.10 Å². The number of aromatic nitrogens is 3. The lowest BCUT2D eigenvalue weighted by Gasteiger charge is -2.04. The summed E-state index contributed by atoms with van der Waals surface area (Å²) in [5.41, 5.74) is 0.953. The first-order valence-corrected chi connectivity index (χ1v) is 8.85. The van der Waals surface area contributed by atoms with Crippen LogP contribution in [0.3, 0.4) is 0 Å². The maximum Gasteiger partial charge on any atom is 0.350 e. The molecule has 8 heteroatoms. The normalized spacial score (nSPS) is 11.5. The molecule has 0 aliphatic carbocycles. The van der Waals surface area contributed by atoms with E-state index in [4.69, 9.17) is 4.74 Å². The molecule has 0 saturated carbocycles. The van der Waals surface area contributed by atoms with Crippen molar-refractivity contribution in [3.8, 4) is 11.5 Å². The Hall–Kier alpha value is -4.07. The van der Waals surface area contributed by atoms with Crippen LogP contribution in [0.5, 0.6) is 11.5 Å². The highest BCUT2D eigenvalue weighted by Gasteiger charge is 2.15. The summed E-state index contributed by atoms with van der Waals surface area (Å²) in [7, 11) is 1.52. The summed E-state index contributed by atoms with van der Waals surface area (Å²) in [6, 6.07) is 10.5. The summed E-state index contributed by atoms with van der Waals surface area (Å²) in [6.45, 7) is 3.65. The number of nitrogens with zero attached hydrogens (tertiary/aromatic N) is 2. The van der Waals surface area contributed by atoms with Crippen LogP contribution in [-0.2, 0) is 6.42 Å². The zero-order valence-electron chi connectivity index (χ0n) is 15.6. The van der Waals surface area contributed by atoms with E-state index in [2.05, 4.69) is 21.6 Å². The first-order chi connectivity index (χ1) is 14.0. The molecule has 8 nitrogen and oxygen atoms in total. The van der Waals surface area contributed by atoms with Gasteiger partial charge < -0.3 is 19.8 Å². The van der Waals surface area contributed by atoms with Crippen molar-refractivity contribution in [1.82, 2.24) is 14.6 Å². The summed E-state index contributed by atoms with van der Waals surface area (Å²) in [4.78, 5) is 31.1. The lowest BCUT2D eigenvalue weighted by molar-refractivity contribution is 0.420. The minimum absolute atomic E-state index is 0.0251. The molecule has 0 bridgehead atoms. The van der Waals surface area contributed by atoms with Crippen LogP contribution in [0.4, 0.5) is 0 Å². The van der Waals surface area contributed by atoms with E-state index in [0.29, 0.717) is 44.4 Å². The van der Waals surface area contributed by atoms with E-state index in [1.54, 1.807) is 42.5 Å². The van der Waals surface area contributed by atoms with Crippen molar-refractivity contribution >= 4 is 28.2 Å². The smallest absolute Gasteiger partial charge is 0.350 e. The van der Waals surface area contributed by atoms with Crippen LogP contribution in [-0.4, -0.2) is 33.1 Å². The molecular weight excluding hydrogens is 372 g/mol. The van der Waals surface area contributed by atoms with Gasteiger partial charge in [-0.2, -0.15) is 5.10 Å². The van der Waals surface area contributed by atoms with Gasteiger partial charge in [0.15, 0.2) is 0 Å². The highest BCUT2D eigenvalue weighted by molar-refractivity contribution is 6.07. The third-order valence-electron chi connectivity index (χ3n) is 4.66. The van der Waals surface area contributed by atoms with Gasteiger partial charge in [0.1, 0.15) is 17.0 Å². The van der Waals surface area contributed by atoms with Gasteiger partial charge in [-0.1, -0.05) is 24.3 Å². The number of H-pyrrole nitrogens is 2. The number of allylic oxidation sites excluding steroid dienone is 1. The van der Waals surface area contributed by atoms with Crippen molar-refractivity contribution in [3.05, 3.63) is 81.0 Å². The average molecular weight is 390 g/mol. The maximum atomic E-state index is 12.9. The topological polar surface area (TPSA) is 112 Å². The molecule has 3 N–H and O–H groups in total. The van der Waals surface area contributed by atoms with Crippen LogP contribution in [0.1, 0.15) is 11.1 Å². The molecule has 4 aromatic rings. The number of phenols is 1. The predicted molar refractivity (Wildman–Crippen MR) is 112 cm³/mol. The molecule has 0 atom stereocenters. The number of hydrogen-bond donors (Lipinski definition) is 3. The van der Waals surface area contributed by atoms with E-state index >= 15 is 0 Å². The SMILES string of the molecule is C=CCc1cccc(/C=N/n2c(=O)[nH]c3c([nH]c4cccc(OC)c43)c2=O)c1O. The average Bonchev–Trinajstić information content (AvgIpc) is 3.09. The standard InChI is InChI=1S/C21H18N4O4/c1-3-6-12-7-4-8-13(19(12)26)11-22-25-20(27)18-17(24-21(25)28)16-14(23-18)9-5-10-15(16)29-2/h3-5,7-11,23,26H,1,6H2,2H3,(H,24,28)/b22-11+. The molecule has 0 saturated heterocycles. The summed E-state index contributed by atoms with van der Waals surface area (Å²) >= 11 is 0. The number of nitrogens with one attached hydrogen (secondary N) is 2. The Kier molecular flexibility index (Phi) is 4.52. The minimum Gasteiger partial charge on any atom is -0.507 e. The number of rotatable bonds is 5. The molecule has 2 heterocycles. The summed E-state index contributed by atoms with van der Waals surface area (Å²) in [5, 5.41) is 14.9. The first-order valence-electron chi connectivity index (χ1n) is 8.85. The molecule has 0 amide bonds. The summed E-state index contributed by atoms with van der Waals surface area (Å²) in [6.07, 6.45) is 3.42. The molecular formula is C21H18N4O4. The molecule has 4 rings (SSSR count). The zero-order chi connectivity index (χ0) is 20.5. The lowest BCUT2D eigenvalue weighted by atomic mass is 10.1. The van der Waals surface area contributed by atoms with Gasteiger partial charge in [-0.05, 0) is 30.2 Å². The Morgan fingerprint density at radius 1 is 1.17 bits per heavy atom. The van der Waals surface area contributed by atoms with Gasteiger partial charge in [0.25, 0.3) is 0 Å². The third kappa shape index (κ3) is 3.00. The minimum atomic E-state index is -0.702. The van der Waals surface area contributed by atoms with Crippen molar-refractivity contribution in [3.63, 3.8) is 0 Å². The van der Waals surface area contributed by atoms with E-state index in [-0.39, 0.29) is 11.3 Å². The van der Waals surface area contributed by atoms with Crippen molar-refractivity contribution in [1.29, 1.82) is 0 Å². The van der Waals surface area contributed by atoms with Gasteiger partial charge in [0.05, 0.1) is 29.7 Å². The van der Waals surface area contributed by atoms with Gasteiger partial charge in [-0.3, -0.25) is 4.79 Å². The molecule has 146 valence electrons. The van der Waals surface area contributed by atoms with Crippen molar-refractivity contribution in [2.45, 2.75) is 6.42 Å². The third-order valence-corrected chi connectivity index (χ3v) is 4.66. The van der Waals surface area contributed by atoms with Gasteiger partial charge >= 0.3 is 11.2 Å². The summed E-state index contributed by atoms with van der Waals surface area (Å²) in [5.74, 6) is 0.561. The quantitative estimate of drug-likeness (QED) is 0.359. The Labute approximate surface area is 164 Å². The number of methoxy groups -OCH3 is 1. The highest BCUT2D eigenvalue weighted by atomic mass is 16.5. The van der Waals surface area contributed by atoms with E-state index in [9.17, 15) is 14.7 Å². The number of fused-ring (bicyclic) bond motifs is 3. The Morgan fingerprint density at radius 3 is 2.72 bits per heavy atom. The Bertz CT molecular complexity index is 1390. The number of hydrogen-bond acceptors (Lipinski definition) is 5. The molecule has 2 aromatic heterocycles. The molecule has 0 fully saturated rings. The molecule has 0 unspecified atom stereocenters. The second kappa shape index (κ2) is 7.16. The fourth-order valence-electron chi connectivity index (χ4n) is 3.29. The predicted octanol–water partition coefficient (Wildman–Crippen LogP) is 2.50. The van der Waals surface area contributed by atoms with Crippen LogP contribution in [0, 0.1) is 0 Å². The van der Waals surface area contributed by atoms with Gasteiger partial charge in [-0.15, -0.1) is 11.3 Å². The number of para-hydroxylation sites is 1. The number of phenolic OH excluding ortho intramolecular Hbond substituents is 1. The van der Waals surface area contributed by atoms with E-state index in [0.717, 1.165) is 0 Å². The van der Waals surface area contributed by atoms with Crippen LogP contribution in [0.2, 0.25) is 0 Å². The number of aromatic hydroxyl groups is 1. The molecule has 0 aliphatic rings. The number of aromatic amines is 2. The Morgan fingerprint density at radius 2 is 1.97 bits per heavy atom. The maximum absolute atomic E-state index is 12.9. The van der Waals surface area contributed by atoms with Crippen molar-refractivity contribution in [2.75, 3.05) is 7.11 Å². The molecule has 0 spiro atoms. The molecule has 2 aromatic carbocycles. The Balaban J connectivity index is 1.88. The van der Waals surface area contributed by atoms with Crippen LogP contribution < -0.4 is 16.0 Å². The second-order valence-corrected chi connectivity index (χ2v) is 6.40. The molecule has 29 heavy (non-hydrogen) atoms. The summed E-state index contributed by atoms with van der Waals surface area (Å²) < 4.78 is 6.05. The number of ether oxygens (including phenoxy) is 1. The van der Waals surface area contributed by atoms with Gasteiger partial charge in [0.2, 0.25) is 0 Å². The second-order valence-electron chi connectivity index (χ2n) is 6.40. The van der Waals surface area contributed by atoms with Crippen LogP contribution in [0.25, 0.3) is 21.9 Å². The van der Waals surface area contributed by atoms with E-state index < -0.39 is 11.2 Å². The lowest BCUT2D eigenvalue weighted by Crippen LogP contribution is -2.32. The highest BCUT2D eigenvalue weighted by Crippen LogP contribution is 2.29. The van der Waals surface area contributed by atoms with Crippen molar-refractivity contribution < 1.29 is 9.84 Å². The van der Waals surface area contributed by atoms with E-state index in [1.807, 2.05) is 0 Å². The monoisotopic (exact) mass is 390 g/mol. The van der Waals surface area contributed by atoms with E-state index in [1.165, 1.54) is 13.3 Å². The molecule has 0 aliphatic heterocycles. The fourth-order valence-corrected chi connectivity index (χ4v) is 3.29. The van der Waals surface area contributed by atoms with Crippen LogP contribution in [0.15, 0.2) is 63.7 Å². The largest absolute Gasteiger partial charge is 0.507 e. The molecule has 0 radical (unpaired) electrons. The van der Waals surface area contributed by atoms with Crippen LogP contribution >= 0.6 is 0 Å². The first kappa shape index (κ1) is 18.3. The van der Waals surface area contributed by atoms with Gasteiger partial charge in [-0.25, -0.2) is 4.79 Å². The fraction of sp³-hybridized carbons (Fsp3) is 0.0952. The van der Waals surface area contributed by atoms with Gasteiger partial charge in [0, 0.05) is 5.56 Å². The number of benzene rings is 2.